The third-order valence-electron chi connectivity index (χ3n) is 5.06. The molecule has 0 aliphatic rings. The number of hydrogen-bond donors (Lipinski definition) is 3. The van der Waals surface area contributed by atoms with Crippen LogP contribution >= 0.6 is 11.6 Å². The Hall–Kier alpha value is -2.21. The van der Waals surface area contributed by atoms with Gasteiger partial charge >= 0.3 is 0 Å². The van der Waals surface area contributed by atoms with Gasteiger partial charge in [-0.3, -0.25) is 4.98 Å². The van der Waals surface area contributed by atoms with Crippen LogP contribution in [-0.2, 0) is 5.41 Å². The van der Waals surface area contributed by atoms with E-state index < -0.39 is 6.10 Å². The third kappa shape index (κ3) is 7.46. The molecule has 1 aromatic carbocycles. The van der Waals surface area contributed by atoms with Crippen LogP contribution in [-0.4, -0.2) is 27.6 Å². The van der Waals surface area contributed by atoms with E-state index in [0.717, 1.165) is 30.5 Å². The lowest BCUT2D eigenvalue weighted by molar-refractivity contribution is 0.0953. The van der Waals surface area contributed by atoms with Gasteiger partial charge < -0.3 is 15.9 Å². The number of aliphatic imine (C=N–C) groups is 1. The Morgan fingerprint density at radius 1 is 1.23 bits per heavy atom. The Balaban J connectivity index is 2.03. The molecule has 4 N–H and O–H groups in total. The molecule has 31 heavy (non-hydrogen) atoms. The maximum Gasteiger partial charge on any atom is 0.104 e. The van der Waals surface area contributed by atoms with Crippen LogP contribution in [0.5, 0.6) is 0 Å². The smallest absolute Gasteiger partial charge is 0.104 e. The molecule has 0 saturated carbocycles. The van der Waals surface area contributed by atoms with Crippen molar-refractivity contribution >= 4 is 28.7 Å². The van der Waals surface area contributed by atoms with Crippen molar-refractivity contribution in [2.45, 2.75) is 64.9 Å². The first-order valence-electron chi connectivity index (χ1n) is 10.7. The highest BCUT2D eigenvalue weighted by Crippen LogP contribution is 2.29. The van der Waals surface area contributed by atoms with Crippen LogP contribution in [0.15, 0.2) is 47.6 Å². The SMILES string of the molecule is CC/C=C(\CCCC(N)=Nc1ccc(C(C)(C)C)cc1)c1ncc([C@H](O)CO)cc1Cl. The van der Waals surface area contributed by atoms with E-state index >= 15 is 0 Å². The molecule has 1 atom stereocenters. The number of benzene rings is 1. The molecular formula is C25H34ClN3O2. The largest absolute Gasteiger partial charge is 0.393 e. The zero-order valence-electron chi connectivity index (χ0n) is 18.9. The quantitative estimate of drug-likeness (QED) is 0.342. The van der Waals surface area contributed by atoms with Crippen LogP contribution in [0.25, 0.3) is 5.57 Å². The fourth-order valence-electron chi connectivity index (χ4n) is 3.26. The fraction of sp³-hybridized carbons (Fsp3) is 0.440. The normalized spacial score (nSPS) is 14.0. The summed E-state index contributed by atoms with van der Waals surface area (Å²) < 4.78 is 0. The van der Waals surface area contributed by atoms with Gasteiger partial charge in [0, 0.05) is 18.2 Å². The number of aliphatic hydroxyl groups is 2. The van der Waals surface area contributed by atoms with E-state index in [1.807, 2.05) is 12.1 Å². The molecule has 5 nitrogen and oxygen atoms in total. The summed E-state index contributed by atoms with van der Waals surface area (Å²) in [5, 5.41) is 19.3. The van der Waals surface area contributed by atoms with E-state index in [9.17, 15) is 5.11 Å². The topological polar surface area (TPSA) is 91.7 Å². The number of pyridine rings is 1. The van der Waals surface area contributed by atoms with Crippen molar-refractivity contribution in [1.29, 1.82) is 0 Å². The molecule has 0 aliphatic heterocycles. The summed E-state index contributed by atoms with van der Waals surface area (Å²) in [6.07, 6.45) is 5.80. The summed E-state index contributed by atoms with van der Waals surface area (Å²) in [7, 11) is 0. The first-order chi connectivity index (χ1) is 14.7. The maximum absolute atomic E-state index is 9.77. The fourth-order valence-corrected chi connectivity index (χ4v) is 3.55. The van der Waals surface area contributed by atoms with Crippen molar-refractivity contribution in [1.82, 2.24) is 4.98 Å². The lowest BCUT2D eigenvalue weighted by Crippen LogP contribution is -2.11. The number of nitrogens with two attached hydrogens (primary N) is 1. The van der Waals surface area contributed by atoms with Crippen molar-refractivity contribution in [2.75, 3.05) is 6.61 Å². The van der Waals surface area contributed by atoms with Gasteiger partial charge in [-0.2, -0.15) is 0 Å². The van der Waals surface area contributed by atoms with Crippen molar-refractivity contribution in [3.05, 3.63) is 64.4 Å². The van der Waals surface area contributed by atoms with Crippen LogP contribution in [0.2, 0.25) is 5.02 Å². The second-order valence-electron chi connectivity index (χ2n) is 8.69. The summed E-state index contributed by atoms with van der Waals surface area (Å²) >= 11 is 6.41. The predicted molar refractivity (Wildman–Crippen MR) is 130 cm³/mol. The van der Waals surface area contributed by atoms with Crippen molar-refractivity contribution in [3.63, 3.8) is 0 Å². The van der Waals surface area contributed by atoms with E-state index in [4.69, 9.17) is 22.4 Å². The molecular weight excluding hydrogens is 410 g/mol. The lowest BCUT2D eigenvalue weighted by atomic mass is 9.87. The summed E-state index contributed by atoms with van der Waals surface area (Å²) in [6, 6.07) is 9.85. The maximum atomic E-state index is 9.77. The number of aromatic nitrogens is 1. The Morgan fingerprint density at radius 3 is 2.45 bits per heavy atom. The predicted octanol–water partition coefficient (Wildman–Crippen LogP) is 5.71. The average Bonchev–Trinajstić information content (AvgIpc) is 2.72. The Labute approximate surface area is 190 Å². The van der Waals surface area contributed by atoms with Crippen LogP contribution in [0.3, 0.4) is 0 Å². The van der Waals surface area contributed by atoms with E-state index in [-0.39, 0.29) is 12.0 Å². The van der Waals surface area contributed by atoms with Crippen molar-refractivity contribution in [3.8, 4) is 0 Å². The third-order valence-corrected chi connectivity index (χ3v) is 5.35. The highest BCUT2D eigenvalue weighted by atomic mass is 35.5. The second-order valence-corrected chi connectivity index (χ2v) is 9.10. The Bertz CT molecular complexity index is 915. The molecule has 1 aromatic heterocycles. The summed E-state index contributed by atoms with van der Waals surface area (Å²) in [5.41, 5.74) is 10.6. The van der Waals surface area contributed by atoms with Gasteiger partial charge in [0.1, 0.15) is 6.10 Å². The van der Waals surface area contributed by atoms with Crippen LogP contribution in [0, 0.1) is 0 Å². The van der Waals surface area contributed by atoms with Gasteiger partial charge in [-0.1, -0.05) is 57.5 Å². The molecule has 2 aromatic rings. The molecule has 0 fully saturated rings. The van der Waals surface area contributed by atoms with Gasteiger partial charge in [0.05, 0.1) is 28.8 Å². The first kappa shape index (κ1) is 25.1. The summed E-state index contributed by atoms with van der Waals surface area (Å²) in [6.45, 7) is 8.25. The molecule has 0 radical (unpaired) electrons. The minimum atomic E-state index is -0.980. The summed E-state index contributed by atoms with van der Waals surface area (Å²) in [4.78, 5) is 8.96. The molecule has 0 amide bonds. The van der Waals surface area contributed by atoms with Crippen molar-refractivity contribution in [2.24, 2.45) is 10.7 Å². The van der Waals surface area contributed by atoms with Gasteiger partial charge in [-0.15, -0.1) is 0 Å². The average molecular weight is 444 g/mol. The molecule has 2 rings (SSSR count). The van der Waals surface area contributed by atoms with Crippen LogP contribution in [0.4, 0.5) is 5.69 Å². The molecule has 0 unspecified atom stereocenters. The zero-order valence-corrected chi connectivity index (χ0v) is 19.7. The Kier molecular flexibility index (Phi) is 9.23. The number of allylic oxidation sites excluding steroid dienone is 2. The first-order valence-corrected chi connectivity index (χ1v) is 11.1. The number of halogens is 1. The molecule has 1 heterocycles. The standard InChI is InChI=1S/C25H34ClN3O2/c1-5-7-17(24-21(26)14-18(15-28-24)22(31)16-30)8-6-9-23(27)29-20-12-10-19(11-13-20)25(2,3)4/h7,10-15,22,30-31H,5-6,8-9,16H2,1-4H3,(H2,27,29)/b17-7+/t22-/m1/s1. The molecule has 0 saturated heterocycles. The number of aliphatic hydroxyl groups excluding tert-OH is 2. The molecule has 0 bridgehead atoms. The van der Waals surface area contributed by atoms with Gasteiger partial charge in [-0.05, 0) is 54.0 Å². The Morgan fingerprint density at radius 2 is 1.90 bits per heavy atom. The highest BCUT2D eigenvalue weighted by Gasteiger charge is 2.14. The number of amidine groups is 1. The molecule has 0 aliphatic carbocycles. The van der Waals surface area contributed by atoms with Crippen LogP contribution in [0.1, 0.15) is 76.3 Å². The highest BCUT2D eigenvalue weighted by molar-refractivity contribution is 6.32. The van der Waals surface area contributed by atoms with E-state index in [0.29, 0.717) is 28.5 Å². The number of hydrogen-bond acceptors (Lipinski definition) is 4. The number of nitrogens with zero attached hydrogens (tertiary/aromatic N) is 2. The van der Waals surface area contributed by atoms with Crippen molar-refractivity contribution < 1.29 is 10.2 Å². The van der Waals surface area contributed by atoms with Gasteiger partial charge in [0.15, 0.2) is 0 Å². The van der Waals surface area contributed by atoms with Gasteiger partial charge in [0.25, 0.3) is 0 Å². The lowest BCUT2D eigenvalue weighted by Gasteiger charge is -2.18. The molecule has 0 spiro atoms. The second kappa shape index (κ2) is 11.4. The zero-order chi connectivity index (χ0) is 23.0. The van der Waals surface area contributed by atoms with Gasteiger partial charge in [-0.25, -0.2) is 4.99 Å². The molecule has 6 heteroatoms. The van der Waals surface area contributed by atoms with Gasteiger partial charge in [0.2, 0.25) is 0 Å². The minimum absolute atomic E-state index is 0.111. The van der Waals surface area contributed by atoms with E-state index in [2.05, 4.69) is 55.9 Å². The minimum Gasteiger partial charge on any atom is -0.393 e. The number of rotatable bonds is 9. The summed E-state index contributed by atoms with van der Waals surface area (Å²) in [5.74, 6) is 0.597. The monoisotopic (exact) mass is 443 g/mol. The van der Waals surface area contributed by atoms with E-state index in [1.165, 1.54) is 5.56 Å². The van der Waals surface area contributed by atoms with E-state index in [1.54, 1.807) is 12.3 Å². The van der Waals surface area contributed by atoms with Crippen LogP contribution < -0.4 is 5.73 Å². The molecule has 168 valence electrons.